The van der Waals surface area contributed by atoms with Crippen molar-refractivity contribution in [2.24, 2.45) is 0 Å². The predicted molar refractivity (Wildman–Crippen MR) is 88.3 cm³/mol. The molecule has 4 nitrogen and oxygen atoms in total. The number of benzene rings is 1. The first-order valence-electron chi connectivity index (χ1n) is 7.68. The summed E-state index contributed by atoms with van der Waals surface area (Å²) in [6.45, 7) is 4.96. The monoisotopic (exact) mass is 317 g/mol. The third-order valence-electron chi connectivity index (χ3n) is 4.38. The molecule has 2 heterocycles. The SMILES string of the molecule is CCCC(C)(c1cc2n(n1)CCC(=O)N2)c1ccccc1Cl. The Balaban J connectivity index is 2.08. The molecule has 1 aliphatic rings. The molecule has 5 heteroatoms. The molecule has 1 N–H and O–H groups in total. The van der Waals surface area contributed by atoms with Crippen LogP contribution in [0.5, 0.6) is 0 Å². The molecule has 0 aliphatic carbocycles. The van der Waals surface area contributed by atoms with Gasteiger partial charge < -0.3 is 5.32 Å². The van der Waals surface area contributed by atoms with Gasteiger partial charge in [0.05, 0.1) is 12.2 Å². The molecule has 3 rings (SSSR count). The molecule has 1 amide bonds. The Morgan fingerprint density at radius 3 is 2.91 bits per heavy atom. The second kappa shape index (κ2) is 5.76. The van der Waals surface area contributed by atoms with Crippen molar-refractivity contribution in [3.63, 3.8) is 0 Å². The highest BCUT2D eigenvalue weighted by molar-refractivity contribution is 6.31. The molecular weight excluding hydrogens is 298 g/mol. The molecule has 1 atom stereocenters. The van der Waals surface area contributed by atoms with Gasteiger partial charge in [0.25, 0.3) is 0 Å². The van der Waals surface area contributed by atoms with Gasteiger partial charge in [-0.2, -0.15) is 5.10 Å². The summed E-state index contributed by atoms with van der Waals surface area (Å²) in [5.41, 5.74) is 1.78. The zero-order valence-electron chi connectivity index (χ0n) is 12.9. The van der Waals surface area contributed by atoms with Crippen molar-refractivity contribution < 1.29 is 4.79 Å². The number of carbonyl (C=O) groups is 1. The van der Waals surface area contributed by atoms with E-state index in [1.54, 1.807) is 0 Å². The van der Waals surface area contributed by atoms with Gasteiger partial charge in [-0.25, -0.2) is 4.68 Å². The number of nitrogens with zero attached hydrogens (tertiary/aromatic N) is 2. The third-order valence-corrected chi connectivity index (χ3v) is 4.71. The normalized spacial score (nSPS) is 16.8. The maximum Gasteiger partial charge on any atom is 0.227 e. The minimum atomic E-state index is -0.262. The fraction of sp³-hybridized carbons (Fsp3) is 0.412. The lowest BCUT2D eigenvalue weighted by molar-refractivity contribution is -0.116. The Morgan fingerprint density at radius 1 is 1.41 bits per heavy atom. The van der Waals surface area contributed by atoms with Gasteiger partial charge in [0.1, 0.15) is 5.82 Å². The zero-order valence-corrected chi connectivity index (χ0v) is 13.7. The topological polar surface area (TPSA) is 46.9 Å². The van der Waals surface area contributed by atoms with E-state index in [2.05, 4.69) is 25.2 Å². The molecule has 2 aromatic rings. The summed E-state index contributed by atoms with van der Waals surface area (Å²) in [4.78, 5) is 11.6. The number of aromatic nitrogens is 2. The summed E-state index contributed by atoms with van der Waals surface area (Å²) in [7, 11) is 0. The van der Waals surface area contributed by atoms with E-state index in [0.29, 0.717) is 13.0 Å². The number of amides is 1. The van der Waals surface area contributed by atoms with Gasteiger partial charge in [0.2, 0.25) is 5.91 Å². The second-order valence-corrected chi connectivity index (χ2v) is 6.41. The van der Waals surface area contributed by atoms with Gasteiger partial charge in [0.15, 0.2) is 0 Å². The van der Waals surface area contributed by atoms with Crippen LogP contribution >= 0.6 is 11.6 Å². The number of hydrogen-bond acceptors (Lipinski definition) is 2. The average molecular weight is 318 g/mol. The van der Waals surface area contributed by atoms with Gasteiger partial charge in [-0.05, 0) is 25.0 Å². The van der Waals surface area contributed by atoms with Crippen LogP contribution in [0.3, 0.4) is 0 Å². The van der Waals surface area contributed by atoms with Crippen molar-refractivity contribution in [3.8, 4) is 0 Å². The quantitative estimate of drug-likeness (QED) is 0.927. The lowest BCUT2D eigenvalue weighted by Crippen LogP contribution is -2.25. The van der Waals surface area contributed by atoms with Crippen molar-refractivity contribution in [2.75, 3.05) is 5.32 Å². The summed E-state index contributed by atoms with van der Waals surface area (Å²) in [6, 6.07) is 9.91. The summed E-state index contributed by atoms with van der Waals surface area (Å²) in [6.07, 6.45) is 2.45. The Bertz CT molecular complexity index is 710. The highest BCUT2D eigenvalue weighted by atomic mass is 35.5. The van der Waals surface area contributed by atoms with Crippen LogP contribution < -0.4 is 5.32 Å². The van der Waals surface area contributed by atoms with Crippen LogP contribution in [-0.4, -0.2) is 15.7 Å². The summed E-state index contributed by atoms with van der Waals surface area (Å²) >= 11 is 6.44. The van der Waals surface area contributed by atoms with Crippen LogP contribution in [-0.2, 0) is 16.8 Å². The fourth-order valence-corrected chi connectivity index (χ4v) is 3.52. The van der Waals surface area contributed by atoms with E-state index in [0.717, 1.165) is 34.9 Å². The Labute approximate surface area is 135 Å². The Kier molecular flexibility index (Phi) is 3.96. The van der Waals surface area contributed by atoms with Crippen LogP contribution in [0.4, 0.5) is 5.82 Å². The first kappa shape index (κ1) is 15.1. The van der Waals surface area contributed by atoms with Crippen molar-refractivity contribution in [1.29, 1.82) is 0 Å². The van der Waals surface area contributed by atoms with Crippen LogP contribution in [0.15, 0.2) is 30.3 Å². The van der Waals surface area contributed by atoms with Crippen molar-refractivity contribution in [2.45, 2.75) is 45.1 Å². The standard InChI is InChI=1S/C17H20ClN3O/c1-3-9-17(2,12-6-4-5-7-13(12)18)14-11-15-19-16(22)8-10-21(15)20-14/h4-7,11H,3,8-10H2,1-2H3,(H,19,22). The maximum atomic E-state index is 11.6. The molecule has 0 radical (unpaired) electrons. The molecule has 1 unspecified atom stereocenters. The molecule has 0 fully saturated rings. The molecule has 0 saturated heterocycles. The number of rotatable bonds is 4. The van der Waals surface area contributed by atoms with Gasteiger partial charge in [0, 0.05) is 22.9 Å². The molecule has 0 saturated carbocycles. The molecule has 0 spiro atoms. The molecule has 0 bridgehead atoms. The summed E-state index contributed by atoms with van der Waals surface area (Å²) in [5.74, 6) is 0.828. The number of aryl methyl sites for hydroxylation is 1. The number of fused-ring (bicyclic) bond motifs is 1. The average Bonchev–Trinajstić information content (AvgIpc) is 2.91. The lowest BCUT2D eigenvalue weighted by atomic mass is 9.76. The van der Waals surface area contributed by atoms with E-state index in [-0.39, 0.29) is 11.3 Å². The first-order chi connectivity index (χ1) is 10.5. The molecule has 1 aromatic carbocycles. The minimum absolute atomic E-state index is 0.0499. The summed E-state index contributed by atoms with van der Waals surface area (Å²) in [5, 5.41) is 8.38. The van der Waals surface area contributed by atoms with Crippen molar-refractivity contribution in [3.05, 3.63) is 46.6 Å². The molecule has 116 valence electrons. The van der Waals surface area contributed by atoms with Gasteiger partial charge >= 0.3 is 0 Å². The first-order valence-corrected chi connectivity index (χ1v) is 8.05. The van der Waals surface area contributed by atoms with E-state index in [1.165, 1.54) is 0 Å². The van der Waals surface area contributed by atoms with Crippen LogP contribution in [0, 0.1) is 0 Å². The molecule has 1 aliphatic heterocycles. The molecule has 22 heavy (non-hydrogen) atoms. The van der Waals surface area contributed by atoms with Crippen LogP contribution in [0.25, 0.3) is 0 Å². The highest BCUT2D eigenvalue weighted by Gasteiger charge is 2.34. The largest absolute Gasteiger partial charge is 0.311 e. The third kappa shape index (κ3) is 2.52. The molecule has 1 aromatic heterocycles. The second-order valence-electron chi connectivity index (χ2n) is 6.00. The van der Waals surface area contributed by atoms with E-state index in [1.807, 2.05) is 28.9 Å². The number of hydrogen-bond donors (Lipinski definition) is 1. The number of halogens is 1. The maximum absolute atomic E-state index is 11.6. The van der Waals surface area contributed by atoms with E-state index in [4.69, 9.17) is 16.7 Å². The van der Waals surface area contributed by atoms with Crippen molar-refractivity contribution in [1.82, 2.24) is 9.78 Å². The number of carbonyl (C=O) groups excluding carboxylic acids is 1. The van der Waals surface area contributed by atoms with E-state index in [9.17, 15) is 4.79 Å². The predicted octanol–water partition coefficient (Wildman–Crippen LogP) is 3.98. The minimum Gasteiger partial charge on any atom is -0.311 e. The van der Waals surface area contributed by atoms with Crippen LogP contribution in [0.1, 0.15) is 44.4 Å². The zero-order chi connectivity index (χ0) is 15.7. The van der Waals surface area contributed by atoms with Crippen LogP contribution in [0.2, 0.25) is 5.02 Å². The number of nitrogens with one attached hydrogen (secondary N) is 1. The van der Waals surface area contributed by atoms with E-state index >= 15 is 0 Å². The van der Waals surface area contributed by atoms with Crippen molar-refractivity contribution >= 4 is 23.3 Å². The Morgan fingerprint density at radius 2 is 2.18 bits per heavy atom. The van der Waals surface area contributed by atoms with Gasteiger partial charge in [-0.1, -0.05) is 43.1 Å². The molecular formula is C17H20ClN3O. The van der Waals surface area contributed by atoms with E-state index < -0.39 is 0 Å². The van der Waals surface area contributed by atoms with Gasteiger partial charge in [-0.15, -0.1) is 0 Å². The summed E-state index contributed by atoms with van der Waals surface area (Å²) < 4.78 is 1.88. The fourth-order valence-electron chi connectivity index (χ4n) is 3.18. The lowest BCUT2D eigenvalue weighted by Gasteiger charge is -2.29. The number of anilines is 1. The Hall–Kier alpha value is -1.81. The highest BCUT2D eigenvalue weighted by Crippen LogP contribution is 2.40. The van der Waals surface area contributed by atoms with Gasteiger partial charge in [-0.3, -0.25) is 4.79 Å². The smallest absolute Gasteiger partial charge is 0.227 e.